The van der Waals surface area contributed by atoms with Crippen molar-refractivity contribution in [1.29, 1.82) is 0 Å². The van der Waals surface area contributed by atoms with Gasteiger partial charge in [-0.3, -0.25) is 4.79 Å². The number of likely N-dealkylation sites (tertiary alicyclic amines) is 1. The summed E-state index contributed by atoms with van der Waals surface area (Å²) in [4.78, 5) is 14.3. The third-order valence-corrected chi connectivity index (χ3v) is 3.72. The summed E-state index contributed by atoms with van der Waals surface area (Å²) in [6.45, 7) is 8.70. The lowest BCUT2D eigenvalue weighted by molar-refractivity contribution is -0.130. The summed E-state index contributed by atoms with van der Waals surface area (Å²) in [5.74, 6) is 1.66. The molecule has 1 aromatic carbocycles. The van der Waals surface area contributed by atoms with Crippen LogP contribution >= 0.6 is 0 Å². The van der Waals surface area contributed by atoms with E-state index in [2.05, 4.69) is 5.32 Å². The van der Waals surface area contributed by atoms with E-state index >= 15 is 0 Å². The molecule has 0 aromatic heterocycles. The Morgan fingerprint density at radius 1 is 1.23 bits per heavy atom. The fourth-order valence-corrected chi connectivity index (χ4v) is 2.67. The van der Waals surface area contributed by atoms with Crippen molar-refractivity contribution in [2.24, 2.45) is 0 Å². The van der Waals surface area contributed by atoms with Crippen LogP contribution in [0, 0.1) is 0 Å². The van der Waals surface area contributed by atoms with E-state index in [0.29, 0.717) is 13.2 Å². The number of hydrogen-bond donors (Lipinski definition) is 1. The van der Waals surface area contributed by atoms with Crippen molar-refractivity contribution in [2.45, 2.75) is 39.7 Å². The van der Waals surface area contributed by atoms with Crippen LogP contribution in [0.3, 0.4) is 0 Å². The van der Waals surface area contributed by atoms with Crippen LogP contribution in [0.1, 0.15) is 33.6 Å². The molecule has 1 aliphatic rings. The molecule has 1 atom stereocenters. The van der Waals surface area contributed by atoms with E-state index in [0.717, 1.165) is 43.1 Å². The van der Waals surface area contributed by atoms with Crippen molar-refractivity contribution in [1.82, 2.24) is 4.90 Å². The van der Waals surface area contributed by atoms with Gasteiger partial charge in [0.15, 0.2) is 0 Å². The van der Waals surface area contributed by atoms with Gasteiger partial charge in [0.05, 0.1) is 18.9 Å². The summed E-state index contributed by atoms with van der Waals surface area (Å²) in [7, 11) is 0. The Hall–Kier alpha value is -1.91. The van der Waals surface area contributed by atoms with Crippen LogP contribution < -0.4 is 14.8 Å². The molecule has 1 aromatic rings. The van der Waals surface area contributed by atoms with Crippen molar-refractivity contribution in [3.05, 3.63) is 18.2 Å². The van der Waals surface area contributed by atoms with Gasteiger partial charge in [0.1, 0.15) is 17.5 Å². The van der Waals surface area contributed by atoms with Gasteiger partial charge in [-0.2, -0.15) is 0 Å². The van der Waals surface area contributed by atoms with Crippen LogP contribution in [0.25, 0.3) is 0 Å². The minimum absolute atomic E-state index is 0.141. The van der Waals surface area contributed by atoms with Crippen molar-refractivity contribution in [2.75, 3.05) is 31.6 Å². The number of hydrogen-bond acceptors (Lipinski definition) is 4. The average Bonchev–Trinajstić information content (AvgIpc) is 3.03. The second kappa shape index (κ2) is 7.92. The predicted octanol–water partition coefficient (Wildman–Crippen LogP) is 2.91. The molecule has 1 saturated heterocycles. The van der Waals surface area contributed by atoms with E-state index in [-0.39, 0.29) is 11.9 Å². The zero-order valence-electron chi connectivity index (χ0n) is 13.7. The molecule has 22 heavy (non-hydrogen) atoms. The molecule has 5 heteroatoms. The largest absolute Gasteiger partial charge is 0.494 e. The molecule has 0 bridgehead atoms. The molecule has 5 nitrogen and oxygen atoms in total. The lowest BCUT2D eigenvalue weighted by atomic mass is 10.2. The Labute approximate surface area is 132 Å². The van der Waals surface area contributed by atoms with Crippen molar-refractivity contribution < 1.29 is 14.3 Å². The van der Waals surface area contributed by atoms with E-state index in [4.69, 9.17) is 9.47 Å². The monoisotopic (exact) mass is 306 g/mol. The number of ether oxygens (including phenoxy) is 2. The number of nitrogens with one attached hydrogen (secondary N) is 1. The number of anilines is 1. The van der Waals surface area contributed by atoms with Crippen LogP contribution in [0.2, 0.25) is 0 Å². The minimum atomic E-state index is -0.283. The highest BCUT2D eigenvalue weighted by atomic mass is 16.5. The van der Waals surface area contributed by atoms with Crippen LogP contribution in [0.5, 0.6) is 11.5 Å². The highest BCUT2D eigenvalue weighted by molar-refractivity contribution is 5.85. The van der Waals surface area contributed by atoms with E-state index in [1.165, 1.54) is 0 Å². The second-order valence-electron chi connectivity index (χ2n) is 5.42. The number of amides is 1. The molecule has 1 aliphatic heterocycles. The van der Waals surface area contributed by atoms with Gasteiger partial charge in [-0.15, -0.1) is 0 Å². The van der Waals surface area contributed by atoms with Gasteiger partial charge in [-0.1, -0.05) is 0 Å². The molecule has 0 radical (unpaired) electrons. The van der Waals surface area contributed by atoms with E-state index < -0.39 is 0 Å². The first-order valence-corrected chi connectivity index (χ1v) is 8.10. The van der Waals surface area contributed by atoms with Crippen LogP contribution in [-0.4, -0.2) is 43.2 Å². The summed E-state index contributed by atoms with van der Waals surface area (Å²) in [6, 6.07) is 5.37. The highest BCUT2D eigenvalue weighted by Crippen LogP contribution is 2.30. The molecular weight excluding hydrogens is 280 g/mol. The number of nitrogens with zero attached hydrogens (tertiary/aromatic N) is 1. The zero-order chi connectivity index (χ0) is 15.9. The molecule has 0 aliphatic carbocycles. The van der Waals surface area contributed by atoms with Crippen LogP contribution in [0.4, 0.5) is 5.69 Å². The molecule has 122 valence electrons. The number of benzene rings is 1. The van der Waals surface area contributed by atoms with Gasteiger partial charge in [0.25, 0.3) is 0 Å². The molecule has 1 N–H and O–H groups in total. The summed E-state index contributed by atoms with van der Waals surface area (Å²) in [6.07, 6.45) is 2.20. The first kappa shape index (κ1) is 16.5. The van der Waals surface area contributed by atoms with E-state index in [1.807, 2.05) is 43.9 Å². The quantitative estimate of drug-likeness (QED) is 0.841. The molecule has 0 saturated carbocycles. The van der Waals surface area contributed by atoms with E-state index in [1.54, 1.807) is 0 Å². The second-order valence-corrected chi connectivity index (χ2v) is 5.42. The number of carbonyl (C=O) groups excluding carboxylic acids is 1. The predicted molar refractivity (Wildman–Crippen MR) is 87.7 cm³/mol. The van der Waals surface area contributed by atoms with Crippen LogP contribution in [0.15, 0.2) is 18.2 Å². The molecule has 0 spiro atoms. The molecular formula is C17H26N2O3. The van der Waals surface area contributed by atoms with E-state index in [9.17, 15) is 4.79 Å². The third kappa shape index (κ3) is 4.06. The van der Waals surface area contributed by atoms with Crippen molar-refractivity contribution in [3.63, 3.8) is 0 Å². The minimum Gasteiger partial charge on any atom is -0.494 e. The SMILES string of the molecule is CCOc1ccc(OCC)c(NC(C)C(=O)N2CCCC2)c1. The maximum atomic E-state index is 12.4. The summed E-state index contributed by atoms with van der Waals surface area (Å²) in [5, 5.41) is 3.27. The smallest absolute Gasteiger partial charge is 0.244 e. The average molecular weight is 306 g/mol. The van der Waals surface area contributed by atoms with Gasteiger partial charge < -0.3 is 19.7 Å². The topological polar surface area (TPSA) is 50.8 Å². The van der Waals surface area contributed by atoms with Crippen LogP contribution in [-0.2, 0) is 4.79 Å². The van der Waals surface area contributed by atoms with Crippen molar-refractivity contribution in [3.8, 4) is 11.5 Å². The summed E-state index contributed by atoms with van der Waals surface area (Å²) < 4.78 is 11.2. The first-order valence-electron chi connectivity index (χ1n) is 8.10. The van der Waals surface area contributed by atoms with Gasteiger partial charge in [0, 0.05) is 19.2 Å². The Morgan fingerprint density at radius 3 is 2.55 bits per heavy atom. The normalized spacial score (nSPS) is 15.5. The van der Waals surface area contributed by atoms with Gasteiger partial charge in [-0.25, -0.2) is 0 Å². The summed E-state index contributed by atoms with van der Waals surface area (Å²) in [5.41, 5.74) is 0.799. The molecule has 1 amide bonds. The lowest BCUT2D eigenvalue weighted by Crippen LogP contribution is -2.39. The van der Waals surface area contributed by atoms with Gasteiger partial charge in [-0.05, 0) is 45.7 Å². The fourth-order valence-electron chi connectivity index (χ4n) is 2.67. The van der Waals surface area contributed by atoms with Gasteiger partial charge in [0.2, 0.25) is 5.91 Å². The lowest BCUT2D eigenvalue weighted by Gasteiger charge is -2.23. The molecule has 1 unspecified atom stereocenters. The third-order valence-electron chi connectivity index (χ3n) is 3.72. The molecule has 2 rings (SSSR count). The van der Waals surface area contributed by atoms with Crippen molar-refractivity contribution >= 4 is 11.6 Å². The Morgan fingerprint density at radius 2 is 1.91 bits per heavy atom. The Balaban J connectivity index is 2.10. The maximum absolute atomic E-state index is 12.4. The Bertz CT molecular complexity index is 499. The molecule has 1 fully saturated rings. The summed E-state index contributed by atoms with van der Waals surface area (Å²) >= 11 is 0. The fraction of sp³-hybridized carbons (Fsp3) is 0.588. The Kier molecular flexibility index (Phi) is 5.92. The molecule has 1 heterocycles. The zero-order valence-corrected chi connectivity index (χ0v) is 13.7. The maximum Gasteiger partial charge on any atom is 0.244 e. The first-order chi connectivity index (χ1) is 10.7. The highest BCUT2D eigenvalue weighted by Gasteiger charge is 2.23. The number of carbonyl (C=O) groups is 1. The standard InChI is InChI=1S/C17H26N2O3/c1-4-21-14-8-9-16(22-5-2)15(12-14)18-13(3)17(20)19-10-6-7-11-19/h8-9,12-13,18H,4-7,10-11H2,1-3H3. The number of rotatable bonds is 7. The van der Waals surface area contributed by atoms with Gasteiger partial charge >= 0.3 is 0 Å².